The number of aromatic nitrogens is 1. The van der Waals surface area contributed by atoms with Gasteiger partial charge in [0.05, 0.1) is 22.8 Å². The fraction of sp³-hybridized carbons (Fsp3) is 0.0625. The van der Waals surface area contributed by atoms with Crippen molar-refractivity contribution in [3.8, 4) is 11.5 Å². The molecule has 3 nitrogen and oxygen atoms in total. The maximum atomic E-state index is 13.5. The summed E-state index contributed by atoms with van der Waals surface area (Å²) in [5.74, 6) is 0.290. The lowest BCUT2D eigenvalue weighted by Gasteiger charge is -2.10. The van der Waals surface area contributed by atoms with Crippen molar-refractivity contribution < 1.29 is 14.2 Å². The quantitative estimate of drug-likeness (QED) is 0.784. The molecule has 5 heteroatoms. The third kappa shape index (κ3) is 2.82. The monoisotopic (exact) mass is 303 g/mol. The predicted molar refractivity (Wildman–Crippen MR) is 79.1 cm³/mol. The van der Waals surface area contributed by atoms with Gasteiger partial charge in [-0.25, -0.2) is 4.39 Å². The number of hydrogen-bond acceptors (Lipinski definition) is 3. The van der Waals surface area contributed by atoms with Crippen LogP contribution in [0.15, 0.2) is 48.5 Å². The lowest BCUT2D eigenvalue weighted by Crippen LogP contribution is -1.94. The molecule has 0 saturated carbocycles. The van der Waals surface area contributed by atoms with E-state index in [0.29, 0.717) is 22.7 Å². The summed E-state index contributed by atoms with van der Waals surface area (Å²) in [5.41, 5.74) is 1.19. The Morgan fingerprint density at radius 3 is 2.71 bits per heavy atom. The van der Waals surface area contributed by atoms with Crippen molar-refractivity contribution in [3.05, 3.63) is 65.1 Å². The third-order valence-corrected chi connectivity index (χ3v) is 3.32. The van der Waals surface area contributed by atoms with Crippen molar-refractivity contribution in [3.63, 3.8) is 0 Å². The zero-order chi connectivity index (χ0) is 14.8. The molecule has 0 aliphatic carbocycles. The maximum absolute atomic E-state index is 13.5. The van der Waals surface area contributed by atoms with Crippen molar-refractivity contribution in [1.82, 2.24) is 4.98 Å². The summed E-state index contributed by atoms with van der Waals surface area (Å²) in [7, 11) is 0. The molecule has 21 heavy (non-hydrogen) atoms. The summed E-state index contributed by atoms with van der Waals surface area (Å²) in [6.45, 7) is -0.198. The second-order valence-electron chi connectivity index (χ2n) is 4.46. The molecule has 3 aromatic rings. The zero-order valence-electron chi connectivity index (χ0n) is 10.9. The molecule has 0 saturated heterocycles. The number of benzene rings is 2. The average molecular weight is 304 g/mol. The summed E-state index contributed by atoms with van der Waals surface area (Å²) in [6.07, 6.45) is 0. The van der Waals surface area contributed by atoms with Gasteiger partial charge in [0, 0.05) is 17.5 Å². The highest BCUT2D eigenvalue weighted by atomic mass is 35.5. The summed E-state index contributed by atoms with van der Waals surface area (Å²) in [6, 6.07) is 13.3. The summed E-state index contributed by atoms with van der Waals surface area (Å²) < 4.78 is 19.2. The van der Waals surface area contributed by atoms with Crippen LogP contribution in [0.1, 0.15) is 5.69 Å². The van der Waals surface area contributed by atoms with Crippen LogP contribution in [0.25, 0.3) is 10.9 Å². The number of hydrogen-bond donors (Lipinski definition) is 1. The number of rotatable bonds is 3. The van der Waals surface area contributed by atoms with E-state index in [9.17, 15) is 9.50 Å². The molecule has 0 radical (unpaired) electrons. The molecular formula is C16H11ClFNO2. The number of para-hydroxylation sites is 1. The van der Waals surface area contributed by atoms with Gasteiger partial charge in [-0.2, -0.15) is 0 Å². The lowest BCUT2D eigenvalue weighted by molar-refractivity contribution is 0.276. The minimum atomic E-state index is -0.546. The van der Waals surface area contributed by atoms with Crippen LogP contribution in [-0.4, -0.2) is 10.1 Å². The van der Waals surface area contributed by atoms with E-state index in [1.54, 1.807) is 12.1 Å². The topological polar surface area (TPSA) is 42.4 Å². The molecule has 0 aliphatic rings. The van der Waals surface area contributed by atoms with E-state index in [2.05, 4.69) is 4.98 Å². The minimum absolute atomic E-state index is 0.0398. The maximum Gasteiger partial charge on any atom is 0.145 e. The van der Waals surface area contributed by atoms with Crippen molar-refractivity contribution in [2.75, 3.05) is 0 Å². The van der Waals surface area contributed by atoms with E-state index in [4.69, 9.17) is 16.3 Å². The van der Waals surface area contributed by atoms with E-state index >= 15 is 0 Å². The first-order valence-electron chi connectivity index (χ1n) is 6.30. The summed E-state index contributed by atoms with van der Waals surface area (Å²) in [5, 5.41) is 10.1. The molecular weight excluding hydrogens is 293 g/mol. The first-order valence-corrected chi connectivity index (χ1v) is 6.67. The molecule has 0 atom stereocenters. The Bertz CT molecular complexity index is 807. The van der Waals surface area contributed by atoms with Crippen LogP contribution in [0.2, 0.25) is 5.02 Å². The number of halogens is 2. The van der Waals surface area contributed by atoms with Gasteiger partial charge in [0.25, 0.3) is 0 Å². The Morgan fingerprint density at radius 1 is 1.14 bits per heavy atom. The van der Waals surface area contributed by atoms with Gasteiger partial charge in [-0.05, 0) is 24.3 Å². The van der Waals surface area contributed by atoms with Gasteiger partial charge in [0.1, 0.15) is 17.3 Å². The highest BCUT2D eigenvalue weighted by Crippen LogP contribution is 2.31. The molecule has 106 valence electrons. The molecule has 0 fully saturated rings. The second kappa shape index (κ2) is 5.68. The number of aliphatic hydroxyl groups excluding tert-OH is 1. The van der Waals surface area contributed by atoms with E-state index < -0.39 is 5.82 Å². The average Bonchev–Trinajstić information content (AvgIpc) is 2.51. The number of ether oxygens (including phenoxy) is 1. The van der Waals surface area contributed by atoms with Crippen molar-refractivity contribution in [2.24, 2.45) is 0 Å². The molecule has 0 amide bonds. The third-order valence-electron chi connectivity index (χ3n) is 3.01. The minimum Gasteiger partial charge on any atom is -0.456 e. The van der Waals surface area contributed by atoms with Gasteiger partial charge in [0.2, 0.25) is 0 Å². The number of nitrogens with zero attached hydrogens (tertiary/aromatic N) is 1. The predicted octanol–water partition coefficient (Wildman–Crippen LogP) is 4.31. The molecule has 1 heterocycles. The Morgan fingerprint density at radius 2 is 1.95 bits per heavy atom. The zero-order valence-corrected chi connectivity index (χ0v) is 11.6. The van der Waals surface area contributed by atoms with Crippen LogP contribution in [-0.2, 0) is 6.61 Å². The van der Waals surface area contributed by atoms with Crippen molar-refractivity contribution in [2.45, 2.75) is 6.61 Å². The Hall–Kier alpha value is -2.17. The van der Waals surface area contributed by atoms with Gasteiger partial charge in [-0.15, -0.1) is 0 Å². The Labute approximate surface area is 125 Å². The fourth-order valence-corrected chi connectivity index (χ4v) is 2.15. The van der Waals surface area contributed by atoms with E-state index in [0.717, 1.165) is 5.39 Å². The van der Waals surface area contributed by atoms with E-state index in [1.165, 1.54) is 12.1 Å². The molecule has 3 rings (SSSR count). The van der Waals surface area contributed by atoms with E-state index in [1.807, 2.05) is 24.3 Å². The first kappa shape index (κ1) is 13.8. The Kier molecular flexibility index (Phi) is 3.73. The largest absolute Gasteiger partial charge is 0.456 e. The van der Waals surface area contributed by atoms with Crippen LogP contribution in [0.5, 0.6) is 11.5 Å². The summed E-state index contributed by atoms with van der Waals surface area (Å²) >= 11 is 5.65. The Balaban J connectivity index is 2.08. The number of pyridine rings is 1. The normalized spacial score (nSPS) is 10.8. The molecule has 0 spiro atoms. The molecule has 1 aromatic heterocycles. The molecule has 0 unspecified atom stereocenters. The van der Waals surface area contributed by atoms with Crippen LogP contribution in [0.3, 0.4) is 0 Å². The molecule has 0 aliphatic heterocycles. The van der Waals surface area contributed by atoms with Crippen molar-refractivity contribution in [1.29, 1.82) is 0 Å². The fourth-order valence-electron chi connectivity index (χ4n) is 2.03. The summed E-state index contributed by atoms with van der Waals surface area (Å²) in [4.78, 5) is 4.30. The van der Waals surface area contributed by atoms with Crippen LogP contribution >= 0.6 is 11.6 Å². The van der Waals surface area contributed by atoms with Gasteiger partial charge in [0.15, 0.2) is 0 Å². The number of aliphatic hydroxyl groups is 1. The second-order valence-corrected chi connectivity index (χ2v) is 4.87. The smallest absolute Gasteiger partial charge is 0.145 e. The standard InChI is InChI=1S/C16H11ClFNO2/c17-13-6-5-11(8-14(13)18)21-16-7-10(9-20)19-15-4-2-1-3-12(15)16/h1-8,20H,9H2. The molecule has 0 bridgehead atoms. The van der Waals surface area contributed by atoms with Crippen LogP contribution < -0.4 is 4.74 Å². The van der Waals surface area contributed by atoms with Gasteiger partial charge in [-0.1, -0.05) is 23.7 Å². The first-order chi connectivity index (χ1) is 10.2. The number of fused-ring (bicyclic) bond motifs is 1. The molecule has 2 aromatic carbocycles. The highest BCUT2D eigenvalue weighted by Gasteiger charge is 2.09. The van der Waals surface area contributed by atoms with Gasteiger partial charge >= 0.3 is 0 Å². The van der Waals surface area contributed by atoms with Crippen LogP contribution in [0.4, 0.5) is 4.39 Å². The van der Waals surface area contributed by atoms with E-state index in [-0.39, 0.29) is 11.6 Å². The van der Waals surface area contributed by atoms with Gasteiger partial charge < -0.3 is 9.84 Å². The highest BCUT2D eigenvalue weighted by molar-refractivity contribution is 6.30. The van der Waals surface area contributed by atoms with Crippen molar-refractivity contribution >= 4 is 22.5 Å². The SMILES string of the molecule is OCc1cc(Oc2ccc(Cl)c(F)c2)c2ccccc2n1. The lowest BCUT2D eigenvalue weighted by atomic mass is 10.2. The van der Waals surface area contributed by atoms with Crippen LogP contribution in [0, 0.1) is 5.82 Å². The van der Waals surface area contributed by atoms with Gasteiger partial charge in [-0.3, -0.25) is 4.98 Å². The molecule has 1 N–H and O–H groups in total.